The lowest BCUT2D eigenvalue weighted by Gasteiger charge is -2.18. The first-order chi connectivity index (χ1) is 6.68. The van der Waals surface area contributed by atoms with Crippen molar-refractivity contribution in [2.24, 2.45) is 0 Å². The molecular weight excluding hydrogens is 202 g/mol. The molecule has 0 aromatic carbocycles. The smallest absolute Gasteiger partial charge is 0.289 e. The van der Waals surface area contributed by atoms with Gasteiger partial charge in [-0.15, -0.1) is 0 Å². The van der Waals surface area contributed by atoms with Crippen LogP contribution in [0.3, 0.4) is 0 Å². The second kappa shape index (κ2) is 3.46. The molecule has 1 atom stereocenters. The van der Waals surface area contributed by atoms with Gasteiger partial charge in [-0.25, -0.2) is 4.98 Å². The molecule has 4 nitrogen and oxygen atoms in total. The van der Waals surface area contributed by atoms with E-state index in [1.165, 1.54) is 0 Å². The number of anilines is 1. The van der Waals surface area contributed by atoms with Crippen molar-refractivity contribution in [3.8, 4) is 0 Å². The molecule has 14 heavy (non-hydrogen) atoms. The third kappa shape index (κ3) is 1.53. The van der Waals surface area contributed by atoms with Gasteiger partial charge in [0.15, 0.2) is 0 Å². The molecule has 0 amide bonds. The molecule has 0 saturated carbocycles. The summed E-state index contributed by atoms with van der Waals surface area (Å²) in [5, 5.41) is 8.02. The Morgan fingerprint density at radius 2 is 2.43 bits per heavy atom. The summed E-state index contributed by atoms with van der Waals surface area (Å²) in [4.78, 5) is 5.75. The summed E-state index contributed by atoms with van der Waals surface area (Å²) in [5.41, 5.74) is 0.837. The Morgan fingerprint density at radius 1 is 1.64 bits per heavy atom. The van der Waals surface area contributed by atoms with Gasteiger partial charge < -0.3 is 4.74 Å². The summed E-state index contributed by atoms with van der Waals surface area (Å²) < 4.78 is 5.11. The quantitative estimate of drug-likeness (QED) is 0.722. The van der Waals surface area contributed by atoms with Crippen LogP contribution in [0.4, 0.5) is 5.69 Å². The van der Waals surface area contributed by atoms with Crippen molar-refractivity contribution in [3.63, 3.8) is 0 Å². The number of aromatic nitrogens is 1. The van der Waals surface area contributed by atoms with Crippen molar-refractivity contribution in [2.45, 2.75) is 13.0 Å². The van der Waals surface area contributed by atoms with E-state index in [-0.39, 0.29) is 12.1 Å². The van der Waals surface area contributed by atoms with Crippen LogP contribution in [0.2, 0.25) is 5.15 Å². The van der Waals surface area contributed by atoms with Crippen LogP contribution in [0, 0.1) is 5.41 Å². The van der Waals surface area contributed by atoms with E-state index < -0.39 is 0 Å². The summed E-state index contributed by atoms with van der Waals surface area (Å²) in [7, 11) is 0. The summed E-state index contributed by atoms with van der Waals surface area (Å²) in [6.45, 7) is 2.54. The van der Waals surface area contributed by atoms with Crippen LogP contribution in [0.5, 0.6) is 0 Å². The standard InChI is InChI=1S/C9H10ClN3O/c1-6-5-14-9(11)13(6)7-2-3-8(10)12-4-7/h2-4,6,11H,5H2,1H3. The first-order valence-corrected chi connectivity index (χ1v) is 4.68. The van der Waals surface area contributed by atoms with Gasteiger partial charge in [0, 0.05) is 0 Å². The Morgan fingerprint density at radius 3 is 2.93 bits per heavy atom. The van der Waals surface area contributed by atoms with Crippen molar-refractivity contribution in [1.82, 2.24) is 4.98 Å². The lowest BCUT2D eigenvalue weighted by atomic mass is 10.3. The highest BCUT2D eigenvalue weighted by Gasteiger charge is 2.27. The summed E-state index contributed by atoms with van der Waals surface area (Å²) in [6, 6.07) is 3.87. The van der Waals surface area contributed by atoms with E-state index in [1.54, 1.807) is 17.2 Å². The Bertz CT molecular complexity index is 352. The van der Waals surface area contributed by atoms with Crippen LogP contribution < -0.4 is 4.90 Å². The third-order valence-electron chi connectivity index (χ3n) is 2.11. The number of amidine groups is 1. The van der Waals surface area contributed by atoms with Crippen LogP contribution in [-0.4, -0.2) is 23.7 Å². The van der Waals surface area contributed by atoms with Gasteiger partial charge >= 0.3 is 0 Å². The zero-order chi connectivity index (χ0) is 10.1. The first kappa shape index (κ1) is 9.27. The predicted octanol–water partition coefficient (Wildman–Crippen LogP) is 1.89. The average molecular weight is 212 g/mol. The number of hydrogen-bond acceptors (Lipinski definition) is 3. The zero-order valence-corrected chi connectivity index (χ0v) is 8.45. The number of nitrogens with zero attached hydrogens (tertiary/aromatic N) is 2. The number of hydrogen-bond donors (Lipinski definition) is 1. The molecule has 0 radical (unpaired) electrons. The molecule has 5 heteroatoms. The SMILES string of the molecule is CC1COC(=N)N1c1ccc(Cl)nc1. The lowest BCUT2D eigenvalue weighted by Crippen LogP contribution is -2.31. The highest BCUT2D eigenvalue weighted by atomic mass is 35.5. The maximum atomic E-state index is 7.57. The monoisotopic (exact) mass is 211 g/mol. The Labute approximate surface area is 87.0 Å². The van der Waals surface area contributed by atoms with Gasteiger partial charge in [-0.3, -0.25) is 10.3 Å². The van der Waals surface area contributed by atoms with Crippen molar-refractivity contribution >= 4 is 23.3 Å². The molecule has 2 heterocycles. The average Bonchev–Trinajstić information content (AvgIpc) is 2.49. The van der Waals surface area contributed by atoms with E-state index in [1.807, 2.05) is 13.0 Å². The molecule has 1 unspecified atom stereocenters. The summed E-state index contributed by atoms with van der Waals surface area (Å²) in [5.74, 6) is 0. The minimum Gasteiger partial charge on any atom is -0.463 e. The van der Waals surface area contributed by atoms with E-state index in [4.69, 9.17) is 21.7 Å². The molecule has 1 aromatic rings. The second-order valence-electron chi connectivity index (χ2n) is 3.17. The van der Waals surface area contributed by atoms with Gasteiger partial charge in [-0.1, -0.05) is 11.6 Å². The fraction of sp³-hybridized carbons (Fsp3) is 0.333. The molecule has 1 saturated heterocycles. The van der Waals surface area contributed by atoms with Crippen molar-refractivity contribution in [2.75, 3.05) is 11.5 Å². The molecule has 1 aliphatic rings. The van der Waals surface area contributed by atoms with Gasteiger partial charge in [0.25, 0.3) is 6.02 Å². The molecule has 0 spiro atoms. The largest absolute Gasteiger partial charge is 0.463 e. The fourth-order valence-corrected chi connectivity index (χ4v) is 1.54. The van der Waals surface area contributed by atoms with Crippen molar-refractivity contribution < 1.29 is 4.74 Å². The van der Waals surface area contributed by atoms with Gasteiger partial charge in [0.05, 0.1) is 17.9 Å². The zero-order valence-electron chi connectivity index (χ0n) is 7.70. The van der Waals surface area contributed by atoms with Crippen LogP contribution in [0.15, 0.2) is 18.3 Å². The van der Waals surface area contributed by atoms with Crippen LogP contribution in [0.25, 0.3) is 0 Å². The molecular formula is C9H10ClN3O. The molecule has 0 bridgehead atoms. The van der Waals surface area contributed by atoms with Crippen LogP contribution >= 0.6 is 11.6 Å². The van der Waals surface area contributed by atoms with Gasteiger partial charge in [0.1, 0.15) is 11.8 Å². The lowest BCUT2D eigenvalue weighted by molar-refractivity contribution is 0.329. The Kier molecular flexibility index (Phi) is 2.29. The highest BCUT2D eigenvalue weighted by Crippen LogP contribution is 2.22. The van der Waals surface area contributed by atoms with Crippen LogP contribution in [0.1, 0.15) is 6.92 Å². The minimum atomic E-state index is 0.168. The fourth-order valence-electron chi connectivity index (χ4n) is 1.43. The Balaban J connectivity index is 2.30. The summed E-state index contributed by atoms with van der Waals surface area (Å²) in [6.07, 6.45) is 1.64. The van der Waals surface area contributed by atoms with Crippen molar-refractivity contribution in [1.29, 1.82) is 5.41 Å². The second-order valence-corrected chi connectivity index (χ2v) is 3.56. The number of nitrogens with one attached hydrogen (secondary N) is 1. The van der Waals surface area contributed by atoms with Crippen LogP contribution in [-0.2, 0) is 4.74 Å². The summed E-state index contributed by atoms with van der Waals surface area (Å²) >= 11 is 5.68. The maximum absolute atomic E-state index is 7.57. The van der Waals surface area contributed by atoms with E-state index in [2.05, 4.69) is 4.98 Å². The molecule has 1 N–H and O–H groups in total. The molecule has 74 valence electrons. The topological polar surface area (TPSA) is 49.2 Å². The Hall–Kier alpha value is -1.29. The maximum Gasteiger partial charge on any atom is 0.289 e. The molecule has 1 fully saturated rings. The first-order valence-electron chi connectivity index (χ1n) is 4.30. The molecule has 0 aliphatic carbocycles. The number of ether oxygens (including phenoxy) is 1. The molecule has 2 rings (SSSR count). The molecule has 1 aliphatic heterocycles. The number of halogens is 1. The minimum absolute atomic E-state index is 0.168. The van der Waals surface area contributed by atoms with E-state index >= 15 is 0 Å². The van der Waals surface area contributed by atoms with Crippen molar-refractivity contribution in [3.05, 3.63) is 23.5 Å². The van der Waals surface area contributed by atoms with Gasteiger partial charge in [-0.2, -0.15) is 0 Å². The van der Waals surface area contributed by atoms with Gasteiger partial charge in [0.2, 0.25) is 0 Å². The third-order valence-corrected chi connectivity index (χ3v) is 2.33. The predicted molar refractivity (Wildman–Crippen MR) is 54.9 cm³/mol. The van der Waals surface area contributed by atoms with E-state index in [0.717, 1.165) is 5.69 Å². The number of pyridine rings is 1. The number of rotatable bonds is 1. The van der Waals surface area contributed by atoms with Gasteiger partial charge in [-0.05, 0) is 19.1 Å². The normalized spacial score (nSPS) is 21.1. The highest BCUT2D eigenvalue weighted by molar-refractivity contribution is 6.29. The van der Waals surface area contributed by atoms with E-state index in [9.17, 15) is 0 Å². The van der Waals surface area contributed by atoms with E-state index in [0.29, 0.717) is 11.8 Å². The molecule has 1 aromatic heterocycles.